The third kappa shape index (κ3) is 2.96. The maximum atomic E-state index is 12.2. The van der Waals surface area contributed by atoms with Gasteiger partial charge in [-0.2, -0.15) is 0 Å². The van der Waals surface area contributed by atoms with Crippen LogP contribution in [-0.4, -0.2) is 30.8 Å². The van der Waals surface area contributed by atoms with Crippen molar-refractivity contribution in [1.29, 1.82) is 0 Å². The van der Waals surface area contributed by atoms with Crippen molar-refractivity contribution in [3.05, 3.63) is 23.8 Å². The van der Waals surface area contributed by atoms with Crippen molar-refractivity contribution in [3.63, 3.8) is 0 Å². The van der Waals surface area contributed by atoms with Gasteiger partial charge in [0.1, 0.15) is 0 Å². The summed E-state index contributed by atoms with van der Waals surface area (Å²) in [7, 11) is 2.18. The largest absolute Gasteiger partial charge is 0.306 e. The van der Waals surface area contributed by atoms with Gasteiger partial charge in [-0.15, -0.1) is 0 Å². The van der Waals surface area contributed by atoms with E-state index < -0.39 is 0 Å². The number of carbonyl (C=O) groups is 1. The Morgan fingerprint density at radius 3 is 2.85 bits per heavy atom. The standard InChI is InChI=1S/C16H21NO3/c1-17-9-2-3-12(8-10-17)4-6-14(18)13-5-7-15-16(11-13)20-19-15/h5,7,11-12H,2-4,6,8-10H2,1H3. The van der Waals surface area contributed by atoms with E-state index in [-0.39, 0.29) is 5.78 Å². The quantitative estimate of drug-likeness (QED) is 0.630. The molecule has 4 heteroatoms. The van der Waals surface area contributed by atoms with Crippen LogP contribution in [-0.2, 0) is 0 Å². The minimum atomic E-state index is 0.209. The molecule has 20 heavy (non-hydrogen) atoms. The van der Waals surface area contributed by atoms with Crippen LogP contribution in [0.3, 0.4) is 0 Å². The molecule has 2 heterocycles. The first-order chi connectivity index (χ1) is 9.72. The fourth-order valence-corrected chi connectivity index (χ4v) is 2.95. The summed E-state index contributed by atoms with van der Waals surface area (Å²) in [5, 5.41) is 0. The van der Waals surface area contributed by atoms with Crippen molar-refractivity contribution in [2.75, 3.05) is 20.1 Å². The van der Waals surface area contributed by atoms with Crippen LogP contribution in [0.15, 0.2) is 27.4 Å². The Morgan fingerprint density at radius 2 is 2.10 bits per heavy atom. The minimum absolute atomic E-state index is 0.209. The maximum Gasteiger partial charge on any atom is 0.226 e. The van der Waals surface area contributed by atoms with E-state index in [1.54, 1.807) is 12.1 Å². The SMILES string of the molecule is CN1CCCC(CCC(=O)c2ccc3ooc3c2)CC1. The molecule has 0 spiro atoms. The second-order valence-corrected chi connectivity index (χ2v) is 5.89. The van der Waals surface area contributed by atoms with Crippen LogP contribution in [0.1, 0.15) is 42.5 Å². The lowest BCUT2D eigenvalue weighted by molar-refractivity contribution is 0.0587. The summed E-state index contributed by atoms with van der Waals surface area (Å²) in [6, 6.07) is 5.40. The number of nitrogens with zero attached hydrogens (tertiary/aromatic N) is 1. The molecule has 0 saturated carbocycles. The summed E-state index contributed by atoms with van der Waals surface area (Å²) in [5.41, 5.74) is 2.12. The van der Waals surface area contributed by atoms with E-state index in [1.807, 2.05) is 6.07 Å². The van der Waals surface area contributed by atoms with Crippen LogP contribution >= 0.6 is 0 Å². The second kappa shape index (κ2) is 5.83. The van der Waals surface area contributed by atoms with Gasteiger partial charge in [0, 0.05) is 18.1 Å². The van der Waals surface area contributed by atoms with Crippen LogP contribution in [0.5, 0.6) is 0 Å². The van der Waals surface area contributed by atoms with Crippen molar-refractivity contribution >= 4 is 16.9 Å². The molecule has 108 valence electrons. The molecule has 1 unspecified atom stereocenters. The van der Waals surface area contributed by atoms with Crippen LogP contribution in [0.2, 0.25) is 0 Å². The van der Waals surface area contributed by atoms with Gasteiger partial charge in [-0.1, -0.05) is 0 Å². The minimum Gasteiger partial charge on any atom is -0.306 e. The highest BCUT2D eigenvalue weighted by Gasteiger charge is 2.17. The summed E-state index contributed by atoms with van der Waals surface area (Å²) in [6.07, 6.45) is 5.35. The lowest BCUT2D eigenvalue weighted by Crippen LogP contribution is -2.18. The summed E-state index contributed by atoms with van der Waals surface area (Å²) < 4.78 is 9.61. The van der Waals surface area contributed by atoms with E-state index in [4.69, 9.17) is 9.15 Å². The fraction of sp³-hybridized carbons (Fsp3) is 0.562. The van der Waals surface area contributed by atoms with E-state index >= 15 is 0 Å². The summed E-state index contributed by atoms with van der Waals surface area (Å²) in [4.78, 5) is 14.6. The number of Topliss-reactive ketones (excluding diaryl/α,β-unsaturated/α-hetero) is 1. The smallest absolute Gasteiger partial charge is 0.226 e. The molecule has 0 radical (unpaired) electrons. The Bertz CT molecular complexity index is 583. The topological polar surface area (TPSA) is 46.6 Å². The monoisotopic (exact) mass is 275 g/mol. The highest BCUT2D eigenvalue weighted by Crippen LogP contribution is 2.24. The molecule has 0 bridgehead atoms. The predicted molar refractivity (Wildman–Crippen MR) is 76.9 cm³/mol. The molecule has 1 fully saturated rings. The van der Waals surface area contributed by atoms with Crippen molar-refractivity contribution in [1.82, 2.24) is 4.90 Å². The molecule has 0 amide bonds. The Labute approximate surface area is 118 Å². The molecule has 1 aromatic heterocycles. The first-order valence-corrected chi connectivity index (χ1v) is 7.43. The molecular formula is C16H21NO3. The fourth-order valence-electron chi connectivity index (χ4n) is 2.95. The average Bonchev–Trinajstić information content (AvgIpc) is 2.62. The third-order valence-corrected chi connectivity index (χ3v) is 4.34. The van der Waals surface area contributed by atoms with Crippen LogP contribution in [0, 0.1) is 5.92 Å². The summed E-state index contributed by atoms with van der Waals surface area (Å²) >= 11 is 0. The van der Waals surface area contributed by atoms with E-state index in [0.717, 1.165) is 18.5 Å². The van der Waals surface area contributed by atoms with Crippen LogP contribution < -0.4 is 0 Å². The normalized spacial score (nSPS) is 21.1. The van der Waals surface area contributed by atoms with E-state index in [1.165, 1.54) is 25.8 Å². The number of hydrogen-bond donors (Lipinski definition) is 0. The first-order valence-electron chi connectivity index (χ1n) is 7.43. The molecule has 2 aromatic rings. The molecule has 1 saturated heterocycles. The van der Waals surface area contributed by atoms with Gasteiger partial charge < -0.3 is 4.90 Å². The Hall–Kier alpha value is -1.55. The molecular weight excluding hydrogens is 254 g/mol. The lowest BCUT2D eigenvalue weighted by Gasteiger charge is -2.14. The van der Waals surface area contributed by atoms with E-state index in [0.29, 0.717) is 23.5 Å². The Morgan fingerprint density at radius 1 is 1.25 bits per heavy atom. The zero-order valence-corrected chi connectivity index (χ0v) is 11.9. The summed E-state index contributed by atoms with van der Waals surface area (Å²) in [6.45, 7) is 2.34. The number of likely N-dealkylation sites (tertiary alicyclic amines) is 1. The molecule has 3 rings (SSSR count). The van der Waals surface area contributed by atoms with Gasteiger partial charge >= 0.3 is 0 Å². The zero-order valence-electron chi connectivity index (χ0n) is 11.9. The van der Waals surface area contributed by atoms with E-state index in [9.17, 15) is 4.79 Å². The van der Waals surface area contributed by atoms with Gasteiger partial charge in [0.05, 0.1) is 0 Å². The molecule has 0 aliphatic carbocycles. The second-order valence-electron chi connectivity index (χ2n) is 5.89. The van der Waals surface area contributed by atoms with Gasteiger partial charge in [-0.05, 0) is 63.9 Å². The zero-order chi connectivity index (χ0) is 13.9. The number of carbonyl (C=O) groups excluding carboxylic acids is 1. The number of benzene rings is 1. The molecule has 1 aliphatic rings. The molecule has 4 nitrogen and oxygen atoms in total. The van der Waals surface area contributed by atoms with Crippen molar-refractivity contribution in [2.45, 2.75) is 32.1 Å². The van der Waals surface area contributed by atoms with Crippen LogP contribution in [0.4, 0.5) is 0 Å². The highest BCUT2D eigenvalue weighted by atomic mass is 17.0. The highest BCUT2D eigenvalue weighted by molar-refractivity contribution is 5.98. The maximum absolute atomic E-state index is 12.2. The summed E-state index contributed by atoms with van der Waals surface area (Å²) in [5.74, 6) is 0.899. The van der Waals surface area contributed by atoms with Gasteiger partial charge in [0.15, 0.2) is 5.78 Å². The number of ketones is 1. The van der Waals surface area contributed by atoms with Crippen LogP contribution in [0.25, 0.3) is 11.2 Å². The molecule has 1 aromatic carbocycles. The van der Waals surface area contributed by atoms with E-state index in [2.05, 4.69) is 11.9 Å². The third-order valence-electron chi connectivity index (χ3n) is 4.34. The molecule has 0 N–H and O–H groups in total. The number of rotatable bonds is 4. The van der Waals surface area contributed by atoms with Crippen molar-refractivity contribution < 1.29 is 13.9 Å². The predicted octanol–water partition coefficient (Wildman–Crippen LogP) is 3.72. The van der Waals surface area contributed by atoms with Gasteiger partial charge in [0.25, 0.3) is 0 Å². The number of hydrogen-bond acceptors (Lipinski definition) is 4. The number of fused-ring (bicyclic) bond motifs is 1. The average molecular weight is 275 g/mol. The van der Waals surface area contributed by atoms with Gasteiger partial charge in [0.2, 0.25) is 11.2 Å². The van der Waals surface area contributed by atoms with Gasteiger partial charge in [-0.25, -0.2) is 0 Å². The Balaban J connectivity index is 1.54. The first kappa shape index (κ1) is 13.4. The lowest BCUT2D eigenvalue weighted by atomic mass is 9.93. The van der Waals surface area contributed by atoms with Crippen molar-refractivity contribution in [3.8, 4) is 0 Å². The van der Waals surface area contributed by atoms with Crippen molar-refractivity contribution in [2.24, 2.45) is 5.92 Å². The molecule has 1 atom stereocenters. The Kier molecular flexibility index (Phi) is 3.92. The van der Waals surface area contributed by atoms with Gasteiger partial charge in [-0.3, -0.25) is 13.9 Å². The molecule has 1 aliphatic heterocycles.